The maximum atomic E-state index is 13.2. The molecular formula is C18H19F2N3O2. The Morgan fingerprint density at radius 3 is 2.68 bits per heavy atom. The maximum absolute atomic E-state index is 13.2. The zero-order valence-electron chi connectivity index (χ0n) is 13.7. The van der Waals surface area contributed by atoms with Crippen LogP contribution in [0.1, 0.15) is 23.6 Å². The molecule has 7 heteroatoms. The zero-order chi connectivity index (χ0) is 17.8. The molecule has 0 aliphatic carbocycles. The van der Waals surface area contributed by atoms with E-state index in [2.05, 4.69) is 16.2 Å². The number of hydrazine groups is 1. The predicted molar refractivity (Wildman–Crippen MR) is 88.6 cm³/mol. The van der Waals surface area contributed by atoms with E-state index in [4.69, 9.17) is 4.74 Å². The summed E-state index contributed by atoms with van der Waals surface area (Å²) in [6.07, 6.45) is 0.552. The van der Waals surface area contributed by atoms with Gasteiger partial charge in [0, 0.05) is 18.7 Å². The Bertz CT molecular complexity index is 749. The number of hydrogen-bond acceptors (Lipinski definition) is 4. The molecule has 1 fully saturated rings. The van der Waals surface area contributed by atoms with Gasteiger partial charge in [-0.2, -0.15) is 0 Å². The quantitative estimate of drug-likeness (QED) is 0.776. The van der Waals surface area contributed by atoms with Crippen molar-refractivity contribution in [1.29, 1.82) is 0 Å². The average molecular weight is 347 g/mol. The number of carbonyl (C=O) groups is 1. The number of hydrogen-bond donors (Lipinski definition) is 3. The largest absolute Gasteiger partial charge is 0.497 e. The summed E-state index contributed by atoms with van der Waals surface area (Å²) < 4.78 is 31.5. The lowest BCUT2D eigenvalue weighted by Gasteiger charge is -2.11. The second-order valence-electron chi connectivity index (χ2n) is 5.90. The van der Waals surface area contributed by atoms with Gasteiger partial charge in [-0.05, 0) is 41.8 Å². The number of halogens is 2. The van der Waals surface area contributed by atoms with Crippen molar-refractivity contribution >= 4 is 5.91 Å². The average Bonchev–Trinajstić information content (AvgIpc) is 3.09. The Balaban J connectivity index is 1.57. The van der Waals surface area contributed by atoms with Crippen molar-refractivity contribution in [3.63, 3.8) is 0 Å². The van der Waals surface area contributed by atoms with E-state index < -0.39 is 17.7 Å². The number of ether oxygens (including phenoxy) is 1. The third-order valence-electron chi connectivity index (χ3n) is 4.10. The molecule has 3 N–H and O–H groups in total. The van der Waals surface area contributed by atoms with Gasteiger partial charge in [-0.15, -0.1) is 0 Å². The smallest absolute Gasteiger partial charge is 0.238 e. The highest BCUT2D eigenvalue weighted by Gasteiger charge is 2.30. The molecule has 25 heavy (non-hydrogen) atoms. The highest BCUT2D eigenvalue weighted by Crippen LogP contribution is 2.25. The molecule has 5 nitrogen and oxygen atoms in total. The standard InChI is InChI=1S/C18H19F2N3O2/c1-25-15-4-2-3-12(7-15)16-9-17(23-22-16)18(24)21-10-11-5-13(19)8-14(20)6-11/h2-8,16-17,22-23H,9-10H2,1H3,(H,21,24). The van der Waals surface area contributed by atoms with Crippen LogP contribution in [0.3, 0.4) is 0 Å². The molecule has 3 rings (SSSR count). The summed E-state index contributed by atoms with van der Waals surface area (Å²) in [6.45, 7) is 0.0650. The van der Waals surface area contributed by atoms with Crippen LogP contribution in [0.4, 0.5) is 8.78 Å². The van der Waals surface area contributed by atoms with E-state index in [1.165, 1.54) is 12.1 Å². The fourth-order valence-electron chi connectivity index (χ4n) is 2.83. The van der Waals surface area contributed by atoms with Gasteiger partial charge < -0.3 is 10.1 Å². The van der Waals surface area contributed by atoms with Gasteiger partial charge in [0.2, 0.25) is 5.91 Å². The first-order valence-electron chi connectivity index (χ1n) is 7.93. The van der Waals surface area contributed by atoms with E-state index >= 15 is 0 Å². The summed E-state index contributed by atoms with van der Waals surface area (Å²) in [5, 5.41) is 2.69. The van der Waals surface area contributed by atoms with Gasteiger partial charge >= 0.3 is 0 Å². The van der Waals surface area contributed by atoms with Crippen molar-refractivity contribution in [2.45, 2.75) is 25.0 Å². The molecule has 1 aliphatic rings. The van der Waals surface area contributed by atoms with Crippen LogP contribution in [-0.4, -0.2) is 19.1 Å². The Morgan fingerprint density at radius 1 is 1.20 bits per heavy atom. The van der Waals surface area contributed by atoms with Crippen molar-refractivity contribution in [3.8, 4) is 5.75 Å². The van der Waals surface area contributed by atoms with Crippen LogP contribution in [0.5, 0.6) is 5.75 Å². The van der Waals surface area contributed by atoms with Crippen molar-refractivity contribution in [1.82, 2.24) is 16.2 Å². The topological polar surface area (TPSA) is 62.4 Å². The lowest BCUT2D eigenvalue weighted by molar-refractivity contribution is -0.123. The lowest BCUT2D eigenvalue weighted by Crippen LogP contribution is -2.42. The summed E-state index contributed by atoms with van der Waals surface area (Å²) in [6, 6.07) is 10.3. The minimum absolute atomic E-state index is 0.0301. The fourth-order valence-corrected chi connectivity index (χ4v) is 2.83. The second-order valence-corrected chi connectivity index (χ2v) is 5.90. The SMILES string of the molecule is COc1cccc(C2CC(C(=O)NCc3cc(F)cc(F)c3)NN2)c1. The monoisotopic (exact) mass is 347 g/mol. The zero-order valence-corrected chi connectivity index (χ0v) is 13.7. The third kappa shape index (κ3) is 4.32. The van der Waals surface area contributed by atoms with Crippen LogP contribution in [0, 0.1) is 11.6 Å². The van der Waals surface area contributed by atoms with Crippen molar-refractivity contribution in [2.75, 3.05) is 7.11 Å². The molecule has 2 aromatic rings. The summed E-state index contributed by atoms with van der Waals surface area (Å²) in [7, 11) is 1.60. The third-order valence-corrected chi connectivity index (χ3v) is 4.10. The van der Waals surface area contributed by atoms with E-state index in [-0.39, 0.29) is 18.5 Å². The summed E-state index contributed by atoms with van der Waals surface area (Å²) in [5.74, 6) is -0.811. The Kier molecular flexibility index (Phi) is 5.25. The van der Waals surface area contributed by atoms with Gasteiger partial charge in [0.25, 0.3) is 0 Å². The molecule has 2 atom stereocenters. The summed E-state index contributed by atoms with van der Waals surface area (Å²) in [5.41, 5.74) is 7.42. The minimum Gasteiger partial charge on any atom is -0.497 e. The first kappa shape index (κ1) is 17.3. The molecule has 0 spiro atoms. The van der Waals surface area contributed by atoms with Crippen molar-refractivity contribution in [3.05, 3.63) is 65.2 Å². The van der Waals surface area contributed by atoms with Crippen LogP contribution < -0.4 is 20.9 Å². The van der Waals surface area contributed by atoms with E-state index in [9.17, 15) is 13.6 Å². The number of methoxy groups -OCH3 is 1. The predicted octanol–water partition coefficient (Wildman–Crippen LogP) is 2.20. The van der Waals surface area contributed by atoms with Gasteiger partial charge in [-0.25, -0.2) is 19.6 Å². The second kappa shape index (κ2) is 7.58. The highest BCUT2D eigenvalue weighted by atomic mass is 19.1. The van der Waals surface area contributed by atoms with Crippen LogP contribution in [0.25, 0.3) is 0 Å². The van der Waals surface area contributed by atoms with Crippen molar-refractivity contribution in [2.24, 2.45) is 0 Å². The number of carbonyl (C=O) groups excluding carboxylic acids is 1. The first-order valence-corrected chi connectivity index (χ1v) is 7.93. The Hall–Kier alpha value is -2.51. The molecule has 1 amide bonds. The van der Waals surface area contributed by atoms with Gasteiger partial charge in [-0.3, -0.25) is 4.79 Å². The van der Waals surface area contributed by atoms with Crippen LogP contribution >= 0.6 is 0 Å². The molecule has 0 aromatic heterocycles. The summed E-state index contributed by atoms with van der Waals surface area (Å²) in [4.78, 5) is 12.3. The van der Waals surface area contributed by atoms with Crippen LogP contribution in [-0.2, 0) is 11.3 Å². The Morgan fingerprint density at radius 2 is 1.96 bits per heavy atom. The molecular weight excluding hydrogens is 328 g/mol. The highest BCUT2D eigenvalue weighted by molar-refractivity contribution is 5.82. The van der Waals surface area contributed by atoms with Gasteiger partial charge in [0.05, 0.1) is 7.11 Å². The molecule has 132 valence electrons. The van der Waals surface area contributed by atoms with Gasteiger partial charge in [0.15, 0.2) is 0 Å². The molecule has 0 radical (unpaired) electrons. The molecule has 1 aliphatic heterocycles. The molecule has 0 saturated carbocycles. The van der Waals surface area contributed by atoms with E-state index in [1.807, 2.05) is 24.3 Å². The molecule has 2 unspecified atom stereocenters. The van der Waals surface area contributed by atoms with E-state index in [0.29, 0.717) is 12.0 Å². The molecule has 1 heterocycles. The number of benzene rings is 2. The molecule has 1 saturated heterocycles. The van der Waals surface area contributed by atoms with Gasteiger partial charge in [0.1, 0.15) is 23.4 Å². The normalized spacial score (nSPS) is 19.6. The fraction of sp³-hybridized carbons (Fsp3) is 0.278. The number of amides is 1. The maximum Gasteiger partial charge on any atom is 0.238 e. The van der Waals surface area contributed by atoms with Crippen LogP contribution in [0.15, 0.2) is 42.5 Å². The van der Waals surface area contributed by atoms with Crippen molar-refractivity contribution < 1.29 is 18.3 Å². The van der Waals surface area contributed by atoms with E-state index in [0.717, 1.165) is 17.4 Å². The number of rotatable bonds is 5. The lowest BCUT2D eigenvalue weighted by atomic mass is 10.0. The Labute approximate surface area is 144 Å². The van der Waals surface area contributed by atoms with Crippen LogP contribution in [0.2, 0.25) is 0 Å². The molecule has 0 bridgehead atoms. The van der Waals surface area contributed by atoms with E-state index in [1.54, 1.807) is 7.11 Å². The first-order chi connectivity index (χ1) is 12.0. The minimum atomic E-state index is -0.664. The summed E-state index contributed by atoms with van der Waals surface area (Å²) >= 11 is 0. The number of nitrogens with one attached hydrogen (secondary N) is 3. The van der Waals surface area contributed by atoms with Gasteiger partial charge in [-0.1, -0.05) is 12.1 Å². The molecule has 2 aromatic carbocycles.